The van der Waals surface area contributed by atoms with Gasteiger partial charge in [0.25, 0.3) is 5.91 Å². The lowest BCUT2D eigenvalue weighted by atomic mass is 9.95. The number of rotatable bonds is 3. The van der Waals surface area contributed by atoms with Crippen LogP contribution in [0.3, 0.4) is 0 Å². The molecule has 4 heteroatoms. The first-order valence-electron chi connectivity index (χ1n) is 8.37. The summed E-state index contributed by atoms with van der Waals surface area (Å²) in [6.07, 6.45) is 4.72. The normalized spacial score (nSPS) is 13.7. The van der Waals surface area contributed by atoms with Crippen molar-refractivity contribution in [3.63, 3.8) is 0 Å². The summed E-state index contributed by atoms with van der Waals surface area (Å²) in [6.45, 7) is 0.436. The first-order chi connectivity index (χ1) is 11.7. The minimum absolute atomic E-state index is 0.259. The molecule has 0 fully saturated rings. The van der Waals surface area contributed by atoms with Crippen LogP contribution in [0, 0.1) is 5.82 Å². The number of amides is 1. The quantitative estimate of drug-likeness (QED) is 0.749. The van der Waals surface area contributed by atoms with Gasteiger partial charge in [0, 0.05) is 28.7 Å². The zero-order valence-electron chi connectivity index (χ0n) is 13.4. The van der Waals surface area contributed by atoms with Crippen molar-refractivity contribution in [3.05, 3.63) is 70.7 Å². The van der Waals surface area contributed by atoms with Gasteiger partial charge < -0.3 is 10.3 Å². The van der Waals surface area contributed by atoms with Crippen LogP contribution in [-0.4, -0.2) is 10.9 Å². The van der Waals surface area contributed by atoms with Crippen molar-refractivity contribution in [2.24, 2.45) is 0 Å². The van der Waals surface area contributed by atoms with Crippen LogP contribution in [0.4, 0.5) is 4.39 Å². The molecule has 1 amide bonds. The monoisotopic (exact) mass is 322 g/mol. The van der Waals surface area contributed by atoms with Crippen LogP contribution in [0.5, 0.6) is 0 Å². The van der Waals surface area contributed by atoms with Crippen LogP contribution >= 0.6 is 0 Å². The number of carbonyl (C=O) groups excluding carboxylic acids is 1. The largest absolute Gasteiger partial charge is 0.358 e. The molecule has 4 rings (SSSR count). The molecule has 0 aliphatic heterocycles. The van der Waals surface area contributed by atoms with E-state index in [0.29, 0.717) is 12.1 Å². The van der Waals surface area contributed by atoms with E-state index in [4.69, 9.17) is 0 Å². The van der Waals surface area contributed by atoms with E-state index in [1.165, 1.54) is 47.1 Å². The summed E-state index contributed by atoms with van der Waals surface area (Å²) >= 11 is 0. The molecule has 3 nitrogen and oxygen atoms in total. The first kappa shape index (κ1) is 14.9. The van der Waals surface area contributed by atoms with Gasteiger partial charge in [-0.25, -0.2) is 4.39 Å². The summed E-state index contributed by atoms with van der Waals surface area (Å²) < 4.78 is 13.2. The number of hydrogen-bond donors (Lipinski definition) is 2. The number of aromatic nitrogens is 1. The summed E-state index contributed by atoms with van der Waals surface area (Å²) in [4.78, 5) is 15.6. The number of H-pyrrole nitrogens is 1. The molecule has 3 aromatic rings. The molecule has 2 aromatic carbocycles. The fourth-order valence-electron chi connectivity index (χ4n) is 3.48. The molecule has 0 bridgehead atoms. The average molecular weight is 322 g/mol. The second kappa shape index (κ2) is 6.11. The molecule has 24 heavy (non-hydrogen) atoms. The Bertz CT molecular complexity index is 913. The Kier molecular flexibility index (Phi) is 3.81. The zero-order valence-corrected chi connectivity index (χ0v) is 13.4. The number of carbonyl (C=O) groups is 1. The first-order valence-corrected chi connectivity index (χ1v) is 8.37. The molecule has 2 N–H and O–H groups in total. The number of hydrogen-bond acceptors (Lipinski definition) is 1. The van der Waals surface area contributed by atoms with Gasteiger partial charge in [0.1, 0.15) is 5.82 Å². The van der Waals surface area contributed by atoms with Gasteiger partial charge in [-0.05, 0) is 67.1 Å². The van der Waals surface area contributed by atoms with Gasteiger partial charge in [0.2, 0.25) is 0 Å². The van der Waals surface area contributed by atoms with Gasteiger partial charge in [-0.2, -0.15) is 0 Å². The van der Waals surface area contributed by atoms with Gasteiger partial charge in [-0.1, -0.05) is 12.1 Å². The summed E-state index contributed by atoms with van der Waals surface area (Å²) in [5, 5.41) is 4.13. The van der Waals surface area contributed by atoms with Gasteiger partial charge >= 0.3 is 0 Å². The molecule has 0 spiro atoms. The molecule has 1 aliphatic rings. The molecular formula is C20H19FN2O. The summed E-state index contributed by atoms with van der Waals surface area (Å²) in [5.41, 5.74) is 5.35. The highest BCUT2D eigenvalue weighted by atomic mass is 19.1. The van der Waals surface area contributed by atoms with Crippen LogP contribution in [0.15, 0.2) is 42.5 Å². The van der Waals surface area contributed by atoms with E-state index in [1.54, 1.807) is 12.1 Å². The number of benzene rings is 2. The summed E-state index contributed by atoms with van der Waals surface area (Å²) in [6, 6.07) is 12.0. The van der Waals surface area contributed by atoms with E-state index in [2.05, 4.69) is 22.4 Å². The fourth-order valence-corrected chi connectivity index (χ4v) is 3.48. The van der Waals surface area contributed by atoms with Gasteiger partial charge in [-0.3, -0.25) is 4.79 Å². The predicted octanol–water partition coefficient (Wildman–Crippen LogP) is 4.12. The van der Waals surface area contributed by atoms with E-state index in [1.807, 2.05) is 6.07 Å². The molecule has 1 heterocycles. The van der Waals surface area contributed by atoms with Gasteiger partial charge in [-0.15, -0.1) is 0 Å². The Hall–Kier alpha value is -2.62. The number of fused-ring (bicyclic) bond motifs is 3. The third kappa shape index (κ3) is 2.80. The second-order valence-corrected chi connectivity index (χ2v) is 6.36. The van der Waals surface area contributed by atoms with Crippen LogP contribution in [0.1, 0.15) is 40.0 Å². The van der Waals surface area contributed by atoms with Crippen LogP contribution in [0.25, 0.3) is 10.9 Å². The Morgan fingerprint density at radius 3 is 2.88 bits per heavy atom. The number of aryl methyl sites for hydroxylation is 2. The predicted molar refractivity (Wildman–Crippen MR) is 92.5 cm³/mol. The van der Waals surface area contributed by atoms with Crippen molar-refractivity contribution in [2.45, 2.75) is 32.2 Å². The standard InChI is InChI=1S/C20H19FN2O/c21-15-5-3-4-14(11-15)20(24)22-12-13-8-9-19-17(10-13)16-6-1-2-7-18(16)23-19/h3-5,8-11,23H,1-2,6-7,12H2,(H,22,24). The highest BCUT2D eigenvalue weighted by Crippen LogP contribution is 2.29. The maximum atomic E-state index is 13.2. The Morgan fingerprint density at radius 1 is 1.12 bits per heavy atom. The molecular weight excluding hydrogens is 303 g/mol. The minimum Gasteiger partial charge on any atom is -0.358 e. The Labute approximate surface area is 139 Å². The third-order valence-electron chi connectivity index (χ3n) is 4.70. The van der Waals surface area contributed by atoms with Gasteiger partial charge in [0.05, 0.1) is 0 Å². The molecule has 0 saturated heterocycles. The minimum atomic E-state index is -0.400. The van der Waals surface area contributed by atoms with Crippen LogP contribution < -0.4 is 5.32 Å². The molecule has 0 saturated carbocycles. The maximum Gasteiger partial charge on any atom is 0.251 e. The molecule has 0 atom stereocenters. The lowest BCUT2D eigenvalue weighted by molar-refractivity contribution is 0.0950. The van der Waals surface area contributed by atoms with Crippen molar-refractivity contribution in [3.8, 4) is 0 Å². The van der Waals surface area contributed by atoms with E-state index in [0.717, 1.165) is 18.4 Å². The van der Waals surface area contributed by atoms with Crippen LogP contribution in [-0.2, 0) is 19.4 Å². The Morgan fingerprint density at radius 2 is 2.00 bits per heavy atom. The van der Waals surface area contributed by atoms with Gasteiger partial charge in [0.15, 0.2) is 0 Å². The van der Waals surface area contributed by atoms with E-state index in [-0.39, 0.29) is 5.91 Å². The molecule has 1 aromatic heterocycles. The number of halogens is 1. The molecule has 1 aliphatic carbocycles. The van der Waals surface area contributed by atoms with Crippen molar-refractivity contribution < 1.29 is 9.18 Å². The third-order valence-corrected chi connectivity index (χ3v) is 4.70. The lowest BCUT2D eigenvalue weighted by Gasteiger charge is -2.11. The molecule has 0 unspecified atom stereocenters. The van der Waals surface area contributed by atoms with Crippen molar-refractivity contribution in [1.82, 2.24) is 10.3 Å². The fraction of sp³-hybridized carbons (Fsp3) is 0.250. The second-order valence-electron chi connectivity index (χ2n) is 6.36. The summed E-state index contributed by atoms with van der Waals surface area (Å²) in [5.74, 6) is -0.659. The maximum absolute atomic E-state index is 13.2. The van der Waals surface area contributed by atoms with Crippen molar-refractivity contribution in [1.29, 1.82) is 0 Å². The van der Waals surface area contributed by atoms with E-state index in [9.17, 15) is 9.18 Å². The highest BCUT2D eigenvalue weighted by molar-refractivity contribution is 5.94. The van der Waals surface area contributed by atoms with Crippen molar-refractivity contribution >= 4 is 16.8 Å². The lowest BCUT2D eigenvalue weighted by Crippen LogP contribution is -2.22. The topological polar surface area (TPSA) is 44.9 Å². The number of aromatic amines is 1. The van der Waals surface area contributed by atoms with Crippen molar-refractivity contribution in [2.75, 3.05) is 0 Å². The smallest absolute Gasteiger partial charge is 0.251 e. The molecule has 122 valence electrons. The number of nitrogens with one attached hydrogen (secondary N) is 2. The van der Waals surface area contributed by atoms with Crippen LogP contribution in [0.2, 0.25) is 0 Å². The van der Waals surface area contributed by atoms with E-state index < -0.39 is 5.82 Å². The zero-order chi connectivity index (χ0) is 16.5. The molecule has 0 radical (unpaired) electrons. The van der Waals surface area contributed by atoms with E-state index >= 15 is 0 Å². The highest BCUT2D eigenvalue weighted by Gasteiger charge is 2.15. The SMILES string of the molecule is O=C(NCc1ccc2[nH]c3c(c2c1)CCCC3)c1cccc(F)c1. The summed E-state index contributed by atoms with van der Waals surface area (Å²) in [7, 11) is 0. The average Bonchev–Trinajstić information content (AvgIpc) is 2.97. The Balaban J connectivity index is 1.53.